The van der Waals surface area contributed by atoms with E-state index in [-0.39, 0.29) is 24.3 Å². The highest BCUT2D eigenvalue weighted by atomic mass is 19.1. The van der Waals surface area contributed by atoms with Crippen LogP contribution in [0.4, 0.5) is 10.2 Å². The zero-order valence-electron chi connectivity index (χ0n) is 22.8. The summed E-state index contributed by atoms with van der Waals surface area (Å²) >= 11 is 0. The van der Waals surface area contributed by atoms with Gasteiger partial charge in [0.15, 0.2) is 0 Å². The number of aryl methyl sites for hydroxylation is 2. The molecule has 2 saturated heterocycles. The maximum absolute atomic E-state index is 14.5. The van der Waals surface area contributed by atoms with Crippen molar-refractivity contribution < 1.29 is 13.9 Å². The molecule has 38 heavy (non-hydrogen) atoms. The Morgan fingerprint density at radius 3 is 2.66 bits per heavy atom. The quantitative estimate of drug-likeness (QED) is 0.498. The van der Waals surface area contributed by atoms with Crippen LogP contribution in [0.15, 0.2) is 36.8 Å². The Labute approximate surface area is 223 Å². The van der Waals surface area contributed by atoms with Crippen LogP contribution in [0.1, 0.15) is 61.6 Å². The first kappa shape index (κ1) is 25.4. The average Bonchev–Trinajstić information content (AvgIpc) is 3.33. The highest BCUT2D eigenvalue weighted by molar-refractivity contribution is 5.97. The van der Waals surface area contributed by atoms with Crippen molar-refractivity contribution in [2.75, 3.05) is 31.6 Å². The van der Waals surface area contributed by atoms with Gasteiger partial charge in [0.05, 0.1) is 24.9 Å². The molecule has 2 aliphatic heterocycles. The van der Waals surface area contributed by atoms with Gasteiger partial charge in [-0.15, -0.1) is 0 Å². The van der Waals surface area contributed by atoms with Gasteiger partial charge < -0.3 is 10.1 Å². The van der Waals surface area contributed by atoms with Crippen LogP contribution in [0.3, 0.4) is 0 Å². The molecule has 7 nitrogen and oxygen atoms in total. The number of piperidine rings is 1. The fourth-order valence-corrected chi connectivity index (χ4v) is 6.98. The fraction of sp³-hybridized carbons (Fsp3) is 0.567. The van der Waals surface area contributed by atoms with Gasteiger partial charge in [-0.3, -0.25) is 14.4 Å². The number of benzene rings is 1. The van der Waals surface area contributed by atoms with Crippen LogP contribution in [0.2, 0.25) is 0 Å². The molecular formula is C30H38FN5O2. The number of ether oxygens (including phenoxy) is 1. The molecule has 0 spiro atoms. The number of nitrogens with zero attached hydrogens (tertiary/aromatic N) is 4. The largest absolute Gasteiger partial charge is 0.376 e. The zero-order valence-corrected chi connectivity index (χ0v) is 22.8. The Bertz CT molecular complexity index is 1350. The number of nitrogens with one attached hydrogen (secondary N) is 1. The van der Waals surface area contributed by atoms with Gasteiger partial charge in [-0.05, 0) is 85.8 Å². The lowest BCUT2D eigenvalue weighted by Gasteiger charge is -2.43. The highest BCUT2D eigenvalue weighted by Crippen LogP contribution is 2.56. The second kappa shape index (κ2) is 9.72. The summed E-state index contributed by atoms with van der Waals surface area (Å²) in [5.74, 6) is 1.58. The minimum atomic E-state index is -0.925. The van der Waals surface area contributed by atoms with Gasteiger partial charge in [0.2, 0.25) is 5.91 Å². The van der Waals surface area contributed by atoms with E-state index in [1.807, 2.05) is 38.6 Å². The molecule has 1 aliphatic carbocycles. The van der Waals surface area contributed by atoms with Crippen LogP contribution in [-0.2, 0) is 16.6 Å². The Kier molecular flexibility index (Phi) is 6.51. The molecule has 1 aromatic carbocycles. The third-order valence-electron chi connectivity index (χ3n) is 9.40. The molecule has 0 radical (unpaired) electrons. The summed E-state index contributed by atoms with van der Waals surface area (Å²) in [5.41, 5.74) is 3.23. The van der Waals surface area contributed by atoms with E-state index in [9.17, 15) is 9.18 Å². The van der Waals surface area contributed by atoms with Crippen molar-refractivity contribution in [1.82, 2.24) is 19.7 Å². The maximum atomic E-state index is 14.5. The molecule has 6 rings (SSSR count). The van der Waals surface area contributed by atoms with E-state index in [1.54, 1.807) is 4.68 Å². The lowest BCUT2D eigenvalue weighted by Crippen LogP contribution is -2.55. The Morgan fingerprint density at radius 2 is 2.00 bits per heavy atom. The van der Waals surface area contributed by atoms with Gasteiger partial charge in [0.1, 0.15) is 12.0 Å². The monoisotopic (exact) mass is 519 g/mol. The number of rotatable bonds is 6. The minimum absolute atomic E-state index is 0.0350. The van der Waals surface area contributed by atoms with Gasteiger partial charge in [0.25, 0.3) is 0 Å². The third kappa shape index (κ3) is 4.41. The van der Waals surface area contributed by atoms with Crippen molar-refractivity contribution >= 4 is 22.5 Å². The highest BCUT2D eigenvalue weighted by Gasteiger charge is 2.54. The number of likely N-dealkylation sites (tertiary alicyclic amines) is 1. The van der Waals surface area contributed by atoms with E-state index in [0.717, 1.165) is 48.7 Å². The molecule has 2 aromatic heterocycles. The summed E-state index contributed by atoms with van der Waals surface area (Å²) in [6.07, 6.45) is 7.78. The average molecular weight is 520 g/mol. The molecule has 8 heteroatoms. The van der Waals surface area contributed by atoms with Gasteiger partial charge in [0, 0.05) is 36.7 Å². The first-order chi connectivity index (χ1) is 18.3. The summed E-state index contributed by atoms with van der Waals surface area (Å²) in [7, 11) is 1.91. The van der Waals surface area contributed by atoms with Crippen molar-refractivity contribution in [2.45, 2.75) is 63.6 Å². The molecule has 4 heterocycles. The number of aromatic nitrogens is 3. The van der Waals surface area contributed by atoms with Crippen molar-refractivity contribution in [2.24, 2.45) is 18.9 Å². The van der Waals surface area contributed by atoms with Gasteiger partial charge in [-0.25, -0.2) is 9.37 Å². The SMILES string of the molecule is CC[C@@H]1[C@@H](C(=O)Nc2cc3cc(C4CCN([C@@]5(C)COC[C@H]5F)CC4)c(C)cc3cn2)[C@@H]1c1cnn(C)c1. The van der Waals surface area contributed by atoms with E-state index in [1.165, 1.54) is 11.1 Å². The predicted octanol–water partition coefficient (Wildman–Crippen LogP) is 4.96. The third-order valence-corrected chi connectivity index (χ3v) is 9.40. The number of halogens is 1. The molecule has 0 bridgehead atoms. The van der Waals surface area contributed by atoms with Crippen molar-refractivity contribution in [3.8, 4) is 0 Å². The number of hydrogen-bond donors (Lipinski definition) is 1. The van der Waals surface area contributed by atoms with Crippen molar-refractivity contribution in [3.05, 3.63) is 53.5 Å². The van der Waals surface area contributed by atoms with Crippen LogP contribution < -0.4 is 5.32 Å². The number of anilines is 1. The van der Waals surface area contributed by atoms with Crippen molar-refractivity contribution in [3.63, 3.8) is 0 Å². The normalized spacial score (nSPS) is 30.1. The summed E-state index contributed by atoms with van der Waals surface area (Å²) in [4.78, 5) is 20.1. The molecule has 202 valence electrons. The number of amides is 1. The first-order valence-corrected chi connectivity index (χ1v) is 13.9. The number of carbonyl (C=O) groups is 1. The smallest absolute Gasteiger partial charge is 0.229 e. The number of hydrogen-bond acceptors (Lipinski definition) is 5. The van der Waals surface area contributed by atoms with E-state index < -0.39 is 11.7 Å². The van der Waals surface area contributed by atoms with Crippen molar-refractivity contribution in [1.29, 1.82) is 0 Å². The standard InChI is InChI=1S/C30H38FN5O2/c1-5-23-27(22-14-33-35(4)15-22)28(23)29(37)34-26-12-20-11-24(18(2)10-21(20)13-32-26)19-6-8-36(9-7-19)30(3)17-38-16-25(30)31/h10-15,19,23,25,27-28H,5-9,16-17H2,1-4H3,(H,32,34,37)/t23-,25+,27+,28+,30-/m0/s1. The fourth-order valence-electron chi connectivity index (χ4n) is 6.98. The Hall–Kier alpha value is -2.84. The Balaban J connectivity index is 1.16. The molecule has 3 aromatic rings. The second-order valence-corrected chi connectivity index (χ2v) is 11.8. The van der Waals surface area contributed by atoms with Crippen LogP contribution in [0, 0.1) is 18.8 Å². The molecular weight excluding hydrogens is 481 g/mol. The molecule has 1 N–H and O–H groups in total. The summed E-state index contributed by atoms with van der Waals surface area (Å²) in [6, 6.07) is 6.47. The van der Waals surface area contributed by atoms with Gasteiger partial charge in [-0.1, -0.05) is 19.4 Å². The van der Waals surface area contributed by atoms with Gasteiger partial charge in [-0.2, -0.15) is 5.10 Å². The summed E-state index contributed by atoms with van der Waals surface area (Å²) in [5, 5.41) is 9.55. The number of fused-ring (bicyclic) bond motifs is 1. The van der Waals surface area contributed by atoms with Crippen LogP contribution in [0.5, 0.6) is 0 Å². The minimum Gasteiger partial charge on any atom is -0.376 e. The lowest BCUT2D eigenvalue weighted by atomic mass is 9.83. The molecule has 1 amide bonds. The summed E-state index contributed by atoms with van der Waals surface area (Å²) in [6.45, 7) is 8.73. The van der Waals surface area contributed by atoms with Gasteiger partial charge >= 0.3 is 0 Å². The number of pyridine rings is 1. The number of alkyl halides is 1. The molecule has 5 atom stereocenters. The predicted molar refractivity (Wildman–Crippen MR) is 146 cm³/mol. The summed E-state index contributed by atoms with van der Waals surface area (Å²) < 4.78 is 21.8. The second-order valence-electron chi connectivity index (χ2n) is 11.8. The van der Waals surface area contributed by atoms with E-state index in [0.29, 0.717) is 24.3 Å². The topological polar surface area (TPSA) is 72.3 Å². The van der Waals surface area contributed by atoms with E-state index >= 15 is 0 Å². The van der Waals surface area contributed by atoms with Crippen LogP contribution in [-0.4, -0.2) is 63.6 Å². The zero-order chi connectivity index (χ0) is 26.6. The van der Waals surface area contributed by atoms with Crippen LogP contribution >= 0.6 is 0 Å². The Morgan fingerprint density at radius 1 is 1.21 bits per heavy atom. The van der Waals surface area contributed by atoms with E-state index in [4.69, 9.17) is 4.74 Å². The number of carbonyl (C=O) groups excluding carboxylic acids is 1. The van der Waals surface area contributed by atoms with Crippen LogP contribution in [0.25, 0.3) is 10.8 Å². The first-order valence-electron chi connectivity index (χ1n) is 13.9. The van der Waals surface area contributed by atoms with E-state index in [2.05, 4.69) is 46.3 Å². The molecule has 3 fully saturated rings. The molecule has 0 unspecified atom stereocenters. The lowest BCUT2D eigenvalue weighted by molar-refractivity contribution is -0.117. The molecule has 3 aliphatic rings. The maximum Gasteiger partial charge on any atom is 0.229 e. The molecule has 1 saturated carbocycles.